The van der Waals surface area contributed by atoms with Crippen LogP contribution in [0.5, 0.6) is 0 Å². The fraction of sp³-hybridized carbons (Fsp3) is 0.200. The highest BCUT2D eigenvalue weighted by Crippen LogP contribution is 2.36. The molecule has 0 unspecified atom stereocenters. The summed E-state index contributed by atoms with van der Waals surface area (Å²) in [5, 5.41) is 3.48. The maximum Gasteiger partial charge on any atom is 0.492 e. The largest absolute Gasteiger partial charge is 0.492 e. The number of nitrogens with one attached hydrogen (secondary N) is 1. The molecule has 0 bridgehead atoms. The van der Waals surface area contributed by atoms with Crippen molar-refractivity contribution in [2.24, 2.45) is 0 Å². The first-order valence-electron chi connectivity index (χ1n) is 9.84. The van der Waals surface area contributed by atoms with Crippen molar-refractivity contribution >= 4 is 50.7 Å². The molecule has 0 saturated carbocycles. The van der Waals surface area contributed by atoms with Gasteiger partial charge in [0, 0.05) is 31.5 Å². The van der Waals surface area contributed by atoms with Crippen molar-refractivity contribution in [3.05, 3.63) is 59.5 Å². The van der Waals surface area contributed by atoms with Crippen LogP contribution in [-0.2, 0) is 26.1 Å². The Bertz CT molecular complexity index is 1370. The second-order valence-corrected chi connectivity index (χ2v) is 9.60. The zero-order valence-corrected chi connectivity index (χ0v) is 19.4. The van der Waals surface area contributed by atoms with Gasteiger partial charge in [0.1, 0.15) is 23.8 Å². The van der Waals surface area contributed by atoms with Gasteiger partial charge in [-0.1, -0.05) is 17.7 Å². The molecule has 3 aromatic rings. The van der Waals surface area contributed by atoms with Crippen LogP contribution in [0.2, 0.25) is 5.02 Å². The Morgan fingerprint density at radius 2 is 1.91 bits per heavy atom. The third-order valence-corrected chi connectivity index (χ3v) is 6.77. The fourth-order valence-electron chi connectivity index (χ4n) is 3.27. The number of anilines is 4. The first-order valence-corrected chi connectivity index (χ1v) is 11.7. The minimum absolute atomic E-state index is 0.115. The van der Waals surface area contributed by atoms with Gasteiger partial charge in [-0.25, -0.2) is 28.2 Å². The zero-order chi connectivity index (χ0) is 25.4. The van der Waals surface area contributed by atoms with Crippen LogP contribution in [-0.4, -0.2) is 53.6 Å². The van der Waals surface area contributed by atoms with Crippen LogP contribution in [0.1, 0.15) is 5.56 Å². The SMILES string of the molecule is CN(OC(=O)C(F)(F)F)S(=O)(=O)c1ccc2c(c1)N(c1cc(Nc3ccc(Cl)cn3)ncn1)CC2. The van der Waals surface area contributed by atoms with Crippen LogP contribution < -0.4 is 10.2 Å². The monoisotopic (exact) mass is 528 g/mol. The number of carbonyl (C=O) groups is 1. The van der Waals surface area contributed by atoms with Crippen LogP contribution >= 0.6 is 11.6 Å². The molecule has 0 saturated heterocycles. The molecule has 0 fully saturated rings. The molecule has 0 radical (unpaired) electrons. The van der Waals surface area contributed by atoms with E-state index >= 15 is 0 Å². The van der Waals surface area contributed by atoms with Crippen molar-refractivity contribution in [1.82, 2.24) is 19.4 Å². The molecule has 35 heavy (non-hydrogen) atoms. The number of hydroxylamine groups is 1. The van der Waals surface area contributed by atoms with Crippen molar-refractivity contribution in [2.75, 3.05) is 23.8 Å². The average molecular weight is 529 g/mol. The molecule has 1 aliphatic heterocycles. The topological polar surface area (TPSA) is 118 Å². The van der Waals surface area contributed by atoms with Gasteiger partial charge >= 0.3 is 12.1 Å². The average Bonchev–Trinajstić information content (AvgIpc) is 3.23. The Morgan fingerprint density at radius 3 is 2.60 bits per heavy atom. The summed E-state index contributed by atoms with van der Waals surface area (Å²) in [5.41, 5.74) is 1.28. The molecule has 0 spiro atoms. The second kappa shape index (κ2) is 9.28. The predicted molar refractivity (Wildman–Crippen MR) is 119 cm³/mol. The number of fused-ring (bicyclic) bond motifs is 1. The fourth-order valence-corrected chi connectivity index (χ4v) is 4.34. The second-order valence-electron chi connectivity index (χ2n) is 7.23. The molecular formula is C20H16ClF3N6O4S. The van der Waals surface area contributed by atoms with Crippen molar-refractivity contribution in [3.63, 3.8) is 0 Å². The number of nitrogens with zero attached hydrogens (tertiary/aromatic N) is 5. The van der Waals surface area contributed by atoms with Crippen molar-refractivity contribution < 1.29 is 31.2 Å². The molecule has 4 rings (SSSR count). The minimum atomic E-state index is -5.35. The lowest BCUT2D eigenvalue weighted by atomic mass is 10.2. The van der Waals surface area contributed by atoms with Crippen LogP contribution in [0, 0.1) is 0 Å². The van der Waals surface area contributed by atoms with Gasteiger partial charge in [-0.15, -0.1) is 0 Å². The molecule has 3 heterocycles. The van der Waals surface area contributed by atoms with Gasteiger partial charge < -0.3 is 15.1 Å². The molecule has 0 aliphatic carbocycles. The Morgan fingerprint density at radius 1 is 1.14 bits per heavy atom. The van der Waals surface area contributed by atoms with E-state index in [1.54, 1.807) is 29.2 Å². The molecule has 0 atom stereocenters. The highest BCUT2D eigenvalue weighted by atomic mass is 35.5. The molecule has 15 heteroatoms. The highest BCUT2D eigenvalue weighted by Gasteiger charge is 2.44. The molecule has 10 nitrogen and oxygen atoms in total. The lowest BCUT2D eigenvalue weighted by molar-refractivity contribution is -0.219. The Labute approximate surface area is 202 Å². The van der Waals surface area contributed by atoms with Crippen molar-refractivity contribution in [3.8, 4) is 0 Å². The quantitative estimate of drug-likeness (QED) is 0.479. The number of hydrogen-bond donors (Lipinski definition) is 1. The Balaban J connectivity index is 1.59. The van der Waals surface area contributed by atoms with Crippen LogP contribution in [0.3, 0.4) is 0 Å². The zero-order valence-electron chi connectivity index (χ0n) is 17.8. The Hall–Kier alpha value is -3.49. The predicted octanol–water partition coefficient (Wildman–Crippen LogP) is 3.60. The van der Waals surface area contributed by atoms with Gasteiger partial charge in [0.25, 0.3) is 10.0 Å². The number of halogens is 4. The summed E-state index contributed by atoms with van der Waals surface area (Å²) in [7, 11) is -3.87. The standard InChI is InChI=1S/C20H16ClF3N6O4S/c1-29(34-19(31)20(22,23)24)35(32,33)14-4-2-12-6-7-30(15(12)8-14)18-9-17(26-11-27-18)28-16-5-3-13(21)10-25-16/h2-5,8-11H,6-7H2,1H3,(H,25,26,27,28). The van der Waals surface area contributed by atoms with E-state index < -0.39 is 22.2 Å². The number of pyridine rings is 1. The summed E-state index contributed by atoms with van der Waals surface area (Å²) in [6.45, 7) is 0.466. The molecule has 1 aliphatic rings. The lowest BCUT2D eigenvalue weighted by Crippen LogP contribution is -2.36. The van der Waals surface area contributed by atoms with Gasteiger partial charge in [0.05, 0.1) is 9.92 Å². The van der Waals surface area contributed by atoms with E-state index in [1.165, 1.54) is 24.7 Å². The number of rotatable bonds is 6. The first kappa shape index (κ1) is 24.6. The number of hydrogen-bond acceptors (Lipinski definition) is 9. The van der Waals surface area contributed by atoms with Gasteiger partial charge in [0.15, 0.2) is 0 Å². The van der Waals surface area contributed by atoms with Crippen LogP contribution in [0.15, 0.2) is 53.8 Å². The van der Waals surface area contributed by atoms with Gasteiger partial charge in [-0.2, -0.15) is 13.2 Å². The molecule has 0 amide bonds. The van der Waals surface area contributed by atoms with E-state index in [1.807, 2.05) is 0 Å². The maximum atomic E-state index is 12.7. The highest BCUT2D eigenvalue weighted by molar-refractivity contribution is 7.89. The lowest BCUT2D eigenvalue weighted by Gasteiger charge is -2.21. The minimum Gasteiger partial charge on any atom is -0.345 e. The smallest absolute Gasteiger partial charge is 0.345 e. The molecule has 1 aromatic carbocycles. The molecular weight excluding hydrogens is 513 g/mol. The van der Waals surface area contributed by atoms with E-state index in [9.17, 15) is 26.4 Å². The Kier molecular flexibility index (Phi) is 6.53. The van der Waals surface area contributed by atoms with Crippen molar-refractivity contribution in [1.29, 1.82) is 0 Å². The van der Waals surface area contributed by atoms with E-state index in [2.05, 4.69) is 25.1 Å². The van der Waals surface area contributed by atoms with Crippen LogP contribution in [0.25, 0.3) is 0 Å². The summed E-state index contributed by atoms with van der Waals surface area (Å²) in [4.78, 5) is 28.9. The maximum absolute atomic E-state index is 12.7. The third-order valence-electron chi connectivity index (χ3n) is 4.94. The van der Waals surface area contributed by atoms with E-state index in [0.717, 1.165) is 5.56 Å². The number of benzene rings is 1. The summed E-state index contributed by atoms with van der Waals surface area (Å²) in [5.74, 6) is -1.30. The summed E-state index contributed by atoms with van der Waals surface area (Å²) < 4.78 is 62.8. The van der Waals surface area contributed by atoms with E-state index in [-0.39, 0.29) is 9.36 Å². The van der Waals surface area contributed by atoms with Crippen LogP contribution in [0.4, 0.5) is 36.3 Å². The number of alkyl halides is 3. The molecule has 184 valence electrons. The van der Waals surface area contributed by atoms with E-state index in [4.69, 9.17) is 11.6 Å². The third kappa shape index (κ3) is 5.28. The normalized spacial score (nSPS) is 13.6. The number of carbonyl (C=O) groups excluding carboxylic acids is 1. The molecule has 2 aromatic heterocycles. The number of sulfonamides is 1. The summed E-state index contributed by atoms with van der Waals surface area (Å²) >= 11 is 5.84. The van der Waals surface area contributed by atoms with Crippen molar-refractivity contribution in [2.45, 2.75) is 17.5 Å². The number of aromatic nitrogens is 3. The van der Waals surface area contributed by atoms with E-state index in [0.29, 0.717) is 48.2 Å². The molecule has 1 N–H and O–H groups in total. The summed E-state index contributed by atoms with van der Waals surface area (Å²) in [6, 6.07) is 9.00. The van der Waals surface area contributed by atoms with Gasteiger partial charge in [0.2, 0.25) is 0 Å². The van der Waals surface area contributed by atoms with Gasteiger partial charge in [-0.3, -0.25) is 0 Å². The van der Waals surface area contributed by atoms with Gasteiger partial charge in [-0.05, 0) is 40.7 Å². The summed E-state index contributed by atoms with van der Waals surface area (Å²) in [6.07, 6.45) is -2.00. The first-order chi connectivity index (χ1) is 16.4.